The molecule has 2 aromatic rings. The third kappa shape index (κ3) is 2.04. The number of fused-ring (bicyclic) bond motifs is 1. The van der Waals surface area contributed by atoms with E-state index in [1.54, 1.807) is 0 Å². The van der Waals surface area contributed by atoms with Crippen LogP contribution in [-0.4, -0.2) is 5.78 Å². The van der Waals surface area contributed by atoms with Gasteiger partial charge >= 0.3 is 0 Å². The van der Waals surface area contributed by atoms with Gasteiger partial charge in [0.25, 0.3) is 0 Å². The first-order valence-electron chi connectivity index (χ1n) is 5.85. The molecule has 1 aliphatic carbocycles. The fourth-order valence-corrected chi connectivity index (χ4v) is 2.48. The summed E-state index contributed by atoms with van der Waals surface area (Å²) in [6.07, 6.45) is 2.57. The molecule has 0 aliphatic heterocycles. The lowest BCUT2D eigenvalue weighted by Crippen LogP contribution is -2.04. The predicted octanol–water partition coefficient (Wildman–Crippen LogP) is 4.03. The van der Waals surface area contributed by atoms with E-state index in [0.717, 1.165) is 39.6 Å². The van der Waals surface area contributed by atoms with Crippen molar-refractivity contribution in [1.82, 2.24) is 0 Å². The van der Waals surface area contributed by atoms with Crippen LogP contribution in [0.2, 0.25) is 0 Å². The van der Waals surface area contributed by atoms with E-state index in [1.807, 2.05) is 25.1 Å². The Bertz CT molecular complexity index is 594. The topological polar surface area (TPSA) is 30.2 Å². The smallest absolute Gasteiger partial charge is 0.143 e. The molecule has 0 radical (unpaired) electrons. The average Bonchev–Trinajstić information content (AvgIpc) is 3.09. The molecule has 0 saturated heterocycles. The minimum Gasteiger partial charge on any atom is -0.460 e. The summed E-state index contributed by atoms with van der Waals surface area (Å²) in [6.45, 7) is 2.02. The number of rotatable bonds is 3. The Morgan fingerprint density at radius 1 is 1.47 bits per heavy atom. The van der Waals surface area contributed by atoms with E-state index in [2.05, 4.69) is 15.9 Å². The predicted molar refractivity (Wildman–Crippen MR) is 70.1 cm³/mol. The molecule has 1 aliphatic rings. The Morgan fingerprint density at radius 3 is 2.94 bits per heavy atom. The molecule has 0 amide bonds. The molecule has 1 saturated carbocycles. The van der Waals surface area contributed by atoms with Crippen molar-refractivity contribution in [3.63, 3.8) is 0 Å². The Kier molecular flexibility index (Phi) is 2.58. The second-order valence-corrected chi connectivity index (χ2v) is 5.62. The second-order valence-electron chi connectivity index (χ2n) is 4.71. The standard InChI is InChI=1S/C14H13BrO2/c1-8-11-6-10(15)4-5-13(11)17-14(8)7-12(16)9-2-3-9/h4-6,9H,2-3,7H2,1H3. The van der Waals surface area contributed by atoms with Crippen LogP contribution in [0.4, 0.5) is 0 Å². The molecule has 0 N–H and O–H groups in total. The average molecular weight is 293 g/mol. The van der Waals surface area contributed by atoms with E-state index in [-0.39, 0.29) is 0 Å². The third-order valence-corrected chi connectivity index (χ3v) is 3.86. The van der Waals surface area contributed by atoms with Crippen LogP contribution in [0.3, 0.4) is 0 Å². The summed E-state index contributed by atoms with van der Waals surface area (Å²) in [5.41, 5.74) is 1.96. The van der Waals surface area contributed by atoms with Crippen molar-refractivity contribution in [1.29, 1.82) is 0 Å². The van der Waals surface area contributed by atoms with Crippen LogP contribution in [0.1, 0.15) is 24.2 Å². The number of hydrogen-bond donors (Lipinski definition) is 0. The number of halogens is 1. The lowest BCUT2D eigenvalue weighted by Gasteiger charge is -1.96. The monoisotopic (exact) mass is 292 g/mol. The summed E-state index contributed by atoms with van der Waals surface area (Å²) in [7, 11) is 0. The number of carbonyl (C=O) groups excluding carboxylic acids is 1. The van der Waals surface area contributed by atoms with Crippen LogP contribution in [0.15, 0.2) is 27.1 Å². The van der Waals surface area contributed by atoms with Gasteiger partial charge in [-0.05, 0) is 43.5 Å². The highest BCUT2D eigenvalue weighted by Gasteiger charge is 2.30. The summed E-state index contributed by atoms with van der Waals surface area (Å²) in [6, 6.07) is 5.94. The molecule has 1 aromatic heterocycles. The van der Waals surface area contributed by atoms with Crippen LogP contribution in [0, 0.1) is 12.8 Å². The summed E-state index contributed by atoms with van der Waals surface area (Å²) >= 11 is 3.45. The number of hydrogen-bond acceptors (Lipinski definition) is 2. The number of carbonyl (C=O) groups is 1. The molecule has 0 bridgehead atoms. The largest absolute Gasteiger partial charge is 0.460 e. The first-order valence-corrected chi connectivity index (χ1v) is 6.64. The summed E-state index contributed by atoms with van der Waals surface area (Å²) in [5, 5.41) is 1.10. The lowest BCUT2D eigenvalue weighted by atomic mass is 10.1. The van der Waals surface area contributed by atoms with Crippen LogP contribution in [0.25, 0.3) is 11.0 Å². The molecular weight excluding hydrogens is 280 g/mol. The molecule has 2 nitrogen and oxygen atoms in total. The van der Waals surface area contributed by atoms with Crippen LogP contribution >= 0.6 is 15.9 Å². The number of aryl methyl sites for hydroxylation is 1. The van der Waals surface area contributed by atoms with E-state index < -0.39 is 0 Å². The fraction of sp³-hybridized carbons (Fsp3) is 0.357. The molecule has 3 rings (SSSR count). The zero-order valence-corrected chi connectivity index (χ0v) is 11.2. The fourth-order valence-electron chi connectivity index (χ4n) is 2.12. The van der Waals surface area contributed by atoms with Gasteiger partial charge in [0.15, 0.2) is 0 Å². The number of ketones is 1. The Hall–Kier alpha value is -1.09. The minimum atomic E-state index is 0.300. The summed E-state index contributed by atoms with van der Waals surface area (Å²) < 4.78 is 6.80. The van der Waals surface area contributed by atoms with Gasteiger partial charge < -0.3 is 4.42 Å². The van der Waals surface area contributed by atoms with Crippen molar-refractivity contribution in [2.45, 2.75) is 26.2 Å². The van der Waals surface area contributed by atoms with E-state index in [0.29, 0.717) is 18.1 Å². The zero-order valence-electron chi connectivity index (χ0n) is 9.63. The number of Topliss-reactive ketones (excluding diaryl/α,β-unsaturated/α-hetero) is 1. The van der Waals surface area contributed by atoms with Crippen LogP contribution in [0.5, 0.6) is 0 Å². The first-order chi connectivity index (χ1) is 8.15. The van der Waals surface area contributed by atoms with E-state index >= 15 is 0 Å². The molecule has 3 heteroatoms. The van der Waals surface area contributed by atoms with Gasteiger partial charge in [-0.1, -0.05) is 15.9 Å². The number of benzene rings is 1. The van der Waals surface area contributed by atoms with Crippen molar-refractivity contribution >= 4 is 32.7 Å². The van der Waals surface area contributed by atoms with Crippen molar-refractivity contribution in [2.24, 2.45) is 5.92 Å². The summed E-state index contributed by atoms with van der Waals surface area (Å²) in [4.78, 5) is 11.8. The highest BCUT2D eigenvalue weighted by molar-refractivity contribution is 9.10. The SMILES string of the molecule is Cc1c(CC(=O)C2CC2)oc2ccc(Br)cc12. The molecule has 0 spiro atoms. The van der Waals surface area contributed by atoms with Crippen molar-refractivity contribution < 1.29 is 9.21 Å². The van der Waals surface area contributed by atoms with Gasteiger partial charge in [0.2, 0.25) is 0 Å². The zero-order chi connectivity index (χ0) is 12.0. The molecule has 1 aromatic carbocycles. The van der Waals surface area contributed by atoms with E-state index in [9.17, 15) is 4.79 Å². The van der Waals surface area contributed by atoms with Crippen molar-refractivity contribution in [3.8, 4) is 0 Å². The molecule has 1 heterocycles. The highest BCUT2D eigenvalue weighted by Crippen LogP contribution is 2.33. The second kappa shape index (κ2) is 3.98. The van der Waals surface area contributed by atoms with Gasteiger partial charge in [-0.25, -0.2) is 0 Å². The minimum absolute atomic E-state index is 0.300. The maximum absolute atomic E-state index is 11.8. The molecular formula is C14H13BrO2. The van der Waals surface area contributed by atoms with Gasteiger partial charge in [0, 0.05) is 15.8 Å². The lowest BCUT2D eigenvalue weighted by molar-refractivity contribution is -0.119. The van der Waals surface area contributed by atoms with Gasteiger partial charge in [-0.15, -0.1) is 0 Å². The molecule has 88 valence electrons. The maximum Gasteiger partial charge on any atom is 0.143 e. The number of furan rings is 1. The third-order valence-electron chi connectivity index (χ3n) is 3.36. The van der Waals surface area contributed by atoms with Gasteiger partial charge in [0.1, 0.15) is 17.1 Å². The Labute approximate surface area is 108 Å². The van der Waals surface area contributed by atoms with Gasteiger partial charge in [-0.2, -0.15) is 0 Å². The van der Waals surface area contributed by atoms with E-state index in [1.165, 1.54) is 0 Å². The molecule has 0 atom stereocenters. The van der Waals surface area contributed by atoms with Crippen LogP contribution < -0.4 is 0 Å². The van der Waals surface area contributed by atoms with Gasteiger partial charge in [0.05, 0.1) is 6.42 Å². The summed E-state index contributed by atoms with van der Waals surface area (Å²) in [5.74, 6) is 1.45. The van der Waals surface area contributed by atoms with Crippen molar-refractivity contribution in [3.05, 3.63) is 34.0 Å². The first kappa shape index (κ1) is 11.0. The maximum atomic E-state index is 11.8. The molecule has 17 heavy (non-hydrogen) atoms. The van der Waals surface area contributed by atoms with Crippen LogP contribution in [-0.2, 0) is 11.2 Å². The molecule has 0 unspecified atom stereocenters. The van der Waals surface area contributed by atoms with Crippen molar-refractivity contribution in [2.75, 3.05) is 0 Å². The Morgan fingerprint density at radius 2 is 2.24 bits per heavy atom. The highest BCUT2D eigenvalue weighted by atomic mass is 79.9. The van der Waals surface area contributed by atoms with E-state index in [4.69, 9.17) is 4.42 Å². The normalized spacial score (nSPS) is 15.4. The Balaban J connectivity index is 1.98. The quantitative estimate of drug-likeness (QED) is 0.855. The van der Waals surface area contributed by atoms with Gasteiger partial charge in [-0.3, -0.25) is 4.79 Å². The molecule has 1 fully saturated rings.